The summed E-state index contributed by atoms with van der Waals surface area (Å²) in [6.45, 7) is 0.665. The van der Waals surface area contributed by atoms with Crippen molar-refractivity contribution in [1.82, 2.24) is 0 Å². The van der Waals surface area contributed by atoms with Gasteiger partial charge in [0.1, 0.15) is 0 Å². The molecule has 0 amide bonds. The van der Waals surface area contributed by atoms with Gasteiger partial charge >= 0.3 is 0 Å². The summed E-state index contributed by atoms with van der Waals surface area (Å²) in [7, 11) is 0. The first-order chi connectivity index (χ1) is 10.1. The minimum absolute atomic E-state index is 0.653. The Morgan fingerprint density at radius 3 is 2.43 bits per heavy atom. The van der Waals surface area contributed by atoms with E-state index >= 15 is 0 Å². The van der Waals surface area contributed by atoms with Crippen LogP contribution in [-0.4, -0.2) is 0 Å². The molecule has 0 aromatic heterocycles. The largest absolute Gasteiger partial charge is 0.381 e. The van der Waals surface area contributed by atoms with Gasteiger partial charge in [0.15, 0.2) is 0 Å². The quantitative estimate of drug-likeness (QED) is 0.545. The van der Waals surface area contributed by atoms with Gasteiger partial charge in [0, 0.05) is 26.8 Å². The van der Waals surface area contributed by atoms with Crippen molar-refractivity contribution in [3.63, 3.8) is 0 Å². The number of hydrogen-bond donors (Lipinski definition) is 1. The van der Waals surface area contributed by atoms with Crippen LogP contribution in [0.25, 0.3) is 10.8 Å². The molecule has 0 unspecified atom stereocenters. The average Bonchev–Trinajstić information content (AvgIpc) is 2.46. The lowest BCUT2D eigenvalue weighted by Crippen LogP contribution is -1.99. The number of fused-ring (bicyclic) bond motifs is 1. The Bertz CT molecular complexity index is 802. The second kappa shape index (κ2) is 6.27. The molecule has 4 heteroatoms. The summed E-state index contributed by atoms with van der Waals surface area (Å²) >= 11 is 15.6. The molecule has 0 heterocycles. The van der Waals surface area contributed by atoms with Crippen LogP contribution in [0.1, 0.15) is 5.56 Å². The van der Waals surface area contributed by atoms with Gasteiger partial charge in [0.25, 0.3) is 0 Å². The molecule has 3 aromatic carbocycles. The Kier molecular flexibility index (Phi) is 4.39. The van der Waals surface area contributed by atoms with Gasteiger partial charge in [0.2, 0.25) is 0 Å². The Morgan fingerprint density at radius 1 is 0.857 bits per heavy atom. The van der Waals surface area contributed by atoms with E-state index in [0.717, 1.165) is 15.7 Å². The molecule has 106 valence electrons. The van der Waals surface area contributed by atoms with E-state index in [1.54, 1.807) is 6.07 Å². The van der Waals surface area contributed by atoms with Crippen LogP contribution < -0.4 is 5.32 Å². The predicted molar refractivity (Wildman–Crippen MR) is 95.4 cm³/mol. The molecule has 0 radical (unpaired) electrons. The first kappa shape index (κ1) is 14.7. The highest BCUT2D eigenvalue weighted by Crippen LogP contribution is 2.25. The van der Waals surface area contributed by atoms with Gasteiger partial charge in [-0.25, -0.2) is 0 Å². The van der Waals surface area contributed by atoms with Gasteiger partial charge in [-0.1, -0.05) is 57.3 Å². The first-order valence-electron chi connectivity index (χ1n) is 6.49. The van der Waals surface area contributed by atoms with E-state index in [4.69, 9.17) is 23.2 Å². The zero-order valence-electron chi connectivity index (χ0n) is 11.0. The normalized spacial score (nSPS) is 10.8. The number of halogens is 3. The fourth-order valence-corrected chi connectivity index (χ4v) is 3.04. The SMILES string of the molecule is Clc1ccc(CNc2ccc3cc(Br)ccc3c2)c(Cl)c1. The second-order valence-electron chi connectivity index (χ2n) is 4.80. The highest BCUT2D eigenvalue weighted by Gasteiger charge is 2.02. The first-order valence-corrected chi connectivity index (χ1v) is 8.04. The van der Waals surface area contributed by atoms with E-state index in [1.165, 1.54) is 10.8 Å². The van der Waals surface area contributed by atoms with Crippen molar-refractivity contribution in [2.75, 3.05) is 5.32 Å². The lowest BCUT2D eigenvalue weighted by atomic mass is 10.1. The van der Waals surface area contributed by atoms with Crippen molar-refractivity contribution in [3.8, 4) is 0 Å². The average molecular weight is 381 g/mol. The third-order valence-corrected chi connectivity index (χ3v) is 4.38. The topological polar surface area (TPSA) is 12.0 Å². The molecule has 0 saturated heterocycles. The zero-order valence-corrected chi connectivity index (χ0v) is 14.1. The summed E-state index contributed by atoms with van der Waals surface area (Å²) in [5, 5.41) is 7.13. The summed E-state index contributed by atoms with van der Waals surface area (Å²) in [6.07, 6.45) is 0. The maximum Gasteiger partial charge on any atom is 0.0470 e. The molecular weight excluding hydrogens is 369 g/mol. The van der Waals surface area contributed by atoms with Crippen LogP contribution in [-0.2, 0) is 6.54 Å². The van der Waals surface area contributed by atoms with E-state index in [-0.39, 0.29) is 0 Å². The van der Waals surface area contributed by atoms with Crippen LogP contribution in [0.5, 0.6) is 0 Å². The van der Waals surface area contributed by atoms with Gasteiger partial charge in [-0.05, 0) is 52.7 Å². The fourth-order valence-electron chi connectivity index (χ4n) is 2.19. The van der Waals surface area contributed by atoms with Gasteiger partial charge in [0.05, 0.1) is 0 Å². The molecule has 0 atom stereocenters. The fraction of sp³-hybridized carbons (Fsp3) is 0.0588. The molecule has 0 aliphatic rings. The van der Waals surface area contributed by atoms with Gasteiger partial charge in [-0.3, -0.25) is 0 Å². The lowest BCUT2D eigenvalue weighted by Gasteiger charge is -2.09. The molecule has 21 heavy (non-hydrogen) atoms. The molecule has 0 saturated carbocycles. The van der Waals surface area contributed by atoms with Crippen LogP contribution in [0.15, 0.2) is 59.1 Å². The summed E-state index contributed by atoms with van der Waals surface area (Å²) in [4.78, 5) is 0. The minimum Gasteiger partial charge on any atom is -0.381 e. The summed E-state index contributed by atoms with van der Waals surface area (Å²) < 4.78 is 1.09. The van der Waals surface area contributed by atoms with Crippen LogP contribution in [0, 0.1) is 0 Å². The Hall–Kier alpha value is -1.22. The van der Waals surface area contributed by atoms with Crippen molar-refractivity contribution in [1.29, 1.82) is 0 Å². The molecule has 0 fully saturated rings. The van der Waals surface area contributed by atoms with Crippen molar-refractivity contribution in [3.05, 3.63) is 74.7 Å². The molecule has 0 spiro atoms. The summed E-state index contributed by atoms with van der Waals surface area (Å²) in [5.74, 6) is 0. The zero-order chi connectivity index (χ0) is 14.8. The van der Waals surface area contributed by atoms with E-state index < -0.39 is 0 Å². The van der Waals surface area contributed by atoms with E-state index in [2.05, 4.69) is 51.6 Å². The predicted octanol–water partition coefficient (Wildman–Crippen LogP) is 6.52. The molecule has 3 aromatic rings. The standard InChI is InChI=1S/C17H12BrCl2N/c18-14-4-1-12-8-16(6-3-11(12)7-14)21-10-13-2-5-15(19)9-17(13)20/h1-9,21H,10H2. The number of nitrogens with one attached hydrogen (secondary N) is 1. The summed E-state index contributed by atoms with van der Waals surface area (Å²) in [6, 6.07) is 18.1. The van der Waals surface area contributed by atoms with Gasteiger partial charge < -0.3 is 5.32 Å². The number of benzene rings is 3. The lowest BCUT2D eigenvalue weighted by molar-refractivity contribution is 1.15. The Balaban J connectivity index is 1.80. The Labute approximate surface area is 142 Å². The van der Waals surface area contributed by atoms with Crippen LogP contribution in [0.4, 0.5) is 5.69 Å². The van der Waals surface area contributed by atoms with E-state index in [9.17, 15) is 0 Å². The molecular formula is C17H12BrCl2N. The molecule has 0 aliphatic heterocycles. The highest BCUT2D eigenvalue weighted by atomic mass is 79.9. The molecule has 0 aliphatic carbocycles. The molecule has 1 N–H and O–H groups in total. The van der Waals surface area contributed by atoms with Crippen LogP contribution >= 0.6 is 39.1 Å². The number of hydrogen-bond acceptors (Lipinski definition) is 1. The highest BCUT2D eigenvalue weighted by molar-refractivity contribution is 9.10. The van der Waals surface area contributed by atoms with Crippen LogP contribution in [0.2, 0.25) is 10.0 Å². The Morgan fingerprint density at radius 2 is 1.62 bits per heavy atom. The maximum atomic E-state index is 6.18. The van der Waals surface area contributed by atoms with Crippen molar-refractivity contribution < 1.29 is 0 Å². The molecule has 1 nitrogen and oxygen atoms in total. The number of anilines is 1. The minimum atomic E-state index is 0.653. The van der Waals surface area contributed by atoms with Crippen molar-refractivity contribution >= 4 is 55.6 Å². The van der Waals surface area contributed by atoms with Gasteiger partial charge in [-0.2, -0.15) is 0 Å². The third-order valence-electron chi connectivity index (χ3n) is 3.30. The monoisotopic (exact) mass is 379 g/mol. The van der Waals surface area contributed by atoms with Crippen molar-refractivity contribution in [2.24, 2.45) is 0 Å². The smallest absolute Gasteiger partial charge is 0.0470 e. The molecule has 3 rings (SSSR count). The van der Waals surface area contributed by atoms with E-state index in [1.807, 2.05) is 18.2 Å². The van der Waals surface area contributed by atoms with E-state index in [0.29, 0.717) is 16.6 Å². The summed E-state index contributed by atoms with van der Waals surface area (Å²) in [5.41, 5.74) is 2.09. The second-order valence-corrected chi connectivity index (χ2v) is 6.55. The molecule has 0 bridgehead atoms. The van der Waals surface area contributed by atoms with Gasteiger partial charge in [-0.15, -0.1) is 0 Å². The third kappa shape index (κ3) is 3.52. The maximum absolute atomic E-state index is 6.18. The van der Waals surface area contributed by atoms with Crippen LogP contribution in [0.3, 0.4) is 0 Å². The number of rotatable bonds is 3. The van der Waals surface area contributed by atoms with Crippen molar-refractivity contribution in [2.45, 2.75) is 6.54 Å².